The summed E-state index contributed by atoms with van der Waals surface area (Å²) < 4.78 is 0. The van der Waals surface area contributed by atoms with Crippen molar-refractivity contribution in [2.45, 2.75) is 39.7 Å². The van der Waals surface area contributed by atoms with Gasteiger partial charge in [-0.05, 0) is 11.8 Å². The van der Waals surface area contributed by atoms with Crippen molar-refractivity contribution in [2.24, 2.45) is 11.8 Å². The topological polar surface area (TPSA) is 57.5 Å². The maximum Gasteiger partial charge on any atom is 0.336 e. The van der Waals surface area contributed by atoms with Crippen LogP contribution in [0.1, 0.15) is 34.1 Å². The van der Waals surface area contributed by atoms with Gasteiger partial charge in [0.1, 0.15) is 0 Å². The molecule has 0 aromatic rings. The minimum absolute atomic E-state index is 0.213. The van der Waals surface area contributed by atoms with Gasteiger partial charge in [0.2, 0.25) is 0 Å². The van der Waals surface area contributed by atoms with Crippen LogP contribution in [0.25, 0.3) is 0 Å². The van der Waals surface area contributed by atoms with Crippen LogP contribution in [-0.4, -0.2) is 21.8 Å². The Morgan fingerprint density at radius 3 is 1.92 bits per heavy atom. The van der Waals surface area contributed by atoms with E-state index in [-0.39, 0.29) is 11.8 Å². The highest BCUT2D eigenvalue weighted by atomic mass is 16.4. The van der Waals surface area contributed by atoms with Gasteiger partial charge >= 0.3 is 5.97 Å². The lowest BCUT2D eigenvalue weighted by Gasteiger charge is -2.32. The third-order valence-corrected chi connectivity index (χ3v) is 2.59. The van der Waals surface area contributed by atoms with E-state index in [0.29, 0.717) is 6.42 Å². The molecule has 0 aliphatic heterocycles. The lowest BCUT2D eigenvalue weighted by Crippen LogP contribution is -2.49. The average Bonchev–Trinajstić information content (AvgIpc) is 2.00. The second kappa shape index (κ2) is 3.90. The monoisotopic (exact) mass is 174 g/mol. The molecule has 2 atom stereocenters. The molecule has 2 N–H and O–H groups in total. The molecule has 72 valence electrons. The Kier molecular flexibility index (Phi) is 3.71. The van der Waals surface area contributed by atoms with E-state index in [9.17, 15) is 9.90 Å². The van der Waals surface area contributed by atoms with Gasteiger partial charge in [0.25, 0.3) is 0 Å². The molecule has 0 rings (SSSR count). The van der Waals surface area contributed by atoms with Crippen molar-refractivity contribution in [3.8, 4) is 0 Å². The molecule has 0 aromatic carbocycles. The summed E-state index contributed by atoms with van der Waals surface area (Å²) in [6.45, 7) is 7.08. The third kappa shape index (κ3) is 1.78. The second-order valence-electron chi connectivity index (χ2n) is 3.59. The van der Waals surface area contributed by atoms with Gasteiger partial charge in [-0.2, -0.15) is 0 Å². The van der Waals surface area contributed by atoms with E-state index in [0.717, 1.165) is 0 Å². The maximum absolute atomic E-state index is 10.8. The molecule has 0 bridgehead atoms. The fourth-order valence-electron chi connectivity index (χ4n) is 1.34. The second-order valence-corrected chi connectivity index (χ2v) is 3.59. The molecule has 0 spiro atoms. The van der Waals surface area contributed by atoms with Gasteiger partial charge in [-0.1, -0.05) is 34.1 Å². The molecule has 0 aliphatic carbocycles. The lowest BCUT2D eigenvalue weighted by molar-refractivity contribution is -0.171. The van der Waals surface area contributed by atoms with Crippen LogP contribution in [0, 0.1) is 11.8 Å². The molecule has 0 aliphatic rings. The molecule has 0 fully saturated rings. The minimum atomic E-state index is -1.57. The molecule has 3 nitrogen and oxygen atoms in total. The van der Waals surface area contributed by atoms with Crippen molar-refractivity contribution in [1.82, 2.24) is 0 Å². The van der Waals surface area contributed by atoms with Crippen LogP contribution < -0.4 is 0 Å². The molecular formula is C9H18O3. The van der Waals surface area contributed by atoms with Crippen molar-refractivity contribution in [2.75, 3.05) is 0 Å². The van der Waals surface area contributed by atoms with E-state index < -0.39 is 11.6 Å². The summed E-state index contributed by atoms with van der Waals surface area (Å²) in [5.41, 5.74) is -1.57. The summed E-state index contributed by atoms with van der Waals surface area (Å²) in [6.07, 6.45) is 0.668. The molecular weight excluding hydrogens is 156 g/mol. The zero-order valence-electron chi connectivity index (χ0n) is 8.16. The van der Waals surface area contributed by atoms with Gasteiger partial charge in [-0.25, -0.2) is 4.79 Å². The van der Waals surface area contributed by atoms with Gasteiger partial charge in [-0.3, -0.25) is 0 Å². The first kappa shape index (κ1) is 11.4. The van der Waals surface area contributed by atoms with Crippen LogP contribution in [0.2, 0.25) is 0 Å². The molecule has 0 amide bonds. The zero-order chi connectivity index (χ0) is 9.94. The van der Waals surface area contributed by atoms with Crippen LogP contribution in [-0.2, 0) is 4.79 Å². The Bertz CT molecular complexity index is 165. The van der Waals surface area contributed by atoms with E-state index in [2.05, 4.69) is 0 Å². The predicted molar refractivity (Wildman–Crippen MR) is 46.9 cm³/mol. The standard InChI is InChI=1S/C9H18O3/c1-5-7(4)9(12,6(2)3)8(10)11/h6-7,12H,5H2,1-4H3,(H,10,11). The lowest BCUT2D eigenvalue weighted by atomic mass is 9.78. The number of aliphatic hydroxyl groups is 1. The number of hydrogen-bond donors (Lipinski definition) is 2. The molecule has 0 heterocycles. The SMILES string of the molecule is CCC(C)C(O)(C(=O)O)C(C)C. The van der Waals surface area contributed by atoms with Crippen LogP contribution in [0.3, 0.4) is 0 Å². The zero-order valence-corrected chi connectivity index (χ0v) is 8.16. The summed E-state index contributed by atoms with van der Waals surface area (Å²) in [5.74, 6) is -1.59. The highest BCUT2D eigenvalue weighted by molar-refractivity contribution is 5.77. The van der Waals surface area contributed by atoms with Crippen molar-refractivity contribution < 1.29 is 15.0 Å². The first-order chi connectivity index (χ1) is 5.37. The van der Waals surface area contributed by atoms with Crippen LogP contribution >= 0.6 is 0 Å². The molecule has 0 radical (unpaired) electrons. The summed E-state index contributed by atoms with van der Waals surface area (Å²) in [5, 5.41) is 18.7. The van der Waals surface area contributed by atoms with E-state index >= 15 is 0 Å². The maximum atomic E-state index is 10.8. The molecule has 2 unspecified atom stereocenters. The molecule has 0 aromatic heterocycles. The molecule has 12 heavy (non-hydrogen) atoms. The Labute approximate surface area is 73.4 Å². The van der Waals surface area contributed by atoms with Gasteiger partial charge in [-0.15, -0.1) is 0 Å². The highest BCUT2D eigenvalue weighted by Gasteiger charge is 2.43. The number of rotatable bonds is 4. The smallest absolute Gasteiger partial charge is 0.336 e. The number of carboxylic acids is 1. The fourth-order valence-corrected chi connectivity index (χ4v) is 1.34. The summed E-state index contributed by atoms with van der Waals surface area (Å²) in [4.78, 5) is 10.8. The highest BCUT2D eigenvalue weighted by Crippen LogP contribution is 2.28. The summed E-state index contributed by atoms with van der Waals surface area (Å²) in [6, 6.07) is 0. The predicted octanol–water partition coefficient (Wildman–Crippen LogP) is 1.50. The number of aliphatic carboxylic acids is 1. The summed E-state index contributed by atoms with van der Waals surface area (Å²) >= 11 is 0. The quantitative estimate of drug-likeness (QED) is 0.679. The van der Waals surface area contributed by atoms with E-state index in [1.54, 1.807) is 20.8 Å². The Hall–Kier alpha value is -0.570. The molecule has 0 saturated carbocycles. The summed E-state index contributed by atoms with van der Waals surface area (Å²) in [7, 11) is 0. The average molecular weight is 174 g/mol. The van der Waals surface area contributed by atoms with Crippen molar-refractivity contribution in [3.05, 3.63) is 0 Å². The number of carbonyl (C=O) groups is 1. The molecule has 3 heteroatoms. The fraction of sp³-hybridized carbons (Fsp3) is 0.889. The number of carboxylic acid groups (broad SMARTS) is 1. The minimum Gasteiger partial charge on any atom is -0.479 e. The Morgan fingerprint density at radius 1 is 1.42 bits per heavy atom. The van der Waals surface area contributed by atoms with E-state index in [1.807, 2.05) is 6.92 Å². The first-order valence-corrected chi connectivity index (χ1v) is 4.33. The van der Waals surface area contributed by atoms with Crippen molar-refractivity contribution in [3.63, 3.8) is 0 Å². The van der Waals surface area contributed by atoms with Crippen LogP contribution in [0.15, 0.2) is 0 Å². The largest absolute Gasteiger partial charge is 0.479 e. The van der Waals surface area contributed by atoms with Crippen LogP contribution in [0.5, 0.6) is 0 Å². The van der Waals surface area contributed by atoms with E-state index in [1.165, 1.54) is 0 Å². The van der Waals surface area contributed by atoms with Crippen molar-refractivity contribution >= 4 is 5.97 Å². The Balaban J connectivity index is 4.74. The van der Waals surface area contributed by atoms with Gasteiger partial charge < -0.3 is 10.2 Å². The van der Waals surface area contributed by atoms with Gasteiger partial charge in [0.05, 0.1) is 0 Å². The van der Waals surface area contributed by atoms with E-state index in [4.69, 9.17) is 5.11 Å². The normalized spacial score (nSPS) is 18.8. The third-order valence-electron chi connectivity index (χ3n) is 2.59. The molecule has 0 saturated heterocycles. The van der Waals surface area contributed by atoms with Crippen LogP contribution in [0.4, 0.5) is 0 Å². The Morgan fingerprint density at radius 2 is 1.83 bits per heavy atom. The number of hydrogen-bond acceptors (Lipinski definition) is 2. The van der Waals surface area contributed by atoms with Gasteiger partial charge in [0.15, 0.2) is 5.60 Å². The van der Waals surface area contributed by atoms with Crippen molar-refractivity contribution in [1.29, 1.82) is 0 Å². The van der Waals surface area contributed by atoms with Gasteiger partial charge in [0, 0.05) is 0 Å². The first-order valence-electron chi connectivity index (χ1n) is 4.33.